The van der Waals surface area contributed by atoms with E-state index < -0.39 is 0 Å². The normalized spacial score (nSPS) is 22.0. The standard InChI is InChI=1S/C18H28N2O/c1-3-15-9-6-12-19-17(15)13-20-18(21)11-10-16-8-5-4-7-14(16)2/h4-5,7-8,15,17,19H,3,6,9-13H2,1-2H3,(H,20,21). The van der Waals surface area contributed by atoms with E-state index in [9.17, 15) is 4.79 Å². The van der Waals surface area contributed by atoms with Crippen molar-refractivity contribution in [2.75, 3.05) is 13.1 Å². The lowest BCUT2D eigenvalue weighted by atomic mass is 9.88. The van der Waals surface area contributed by atoms with Gasteiger partial charge in [-0.05, 0) is 49.8 Å². The van der Waals surface area contributed by atoms with Crippen LogP contribution in [0.5, 0.6) is 0 Å². The highest BCUT2D eigenvalue weighted by Gasteiger charge is 2.23. The lowest BCUT2D eigenvalue weighted by Crippen LogP contribution is -2.48. The molecule has 1 fully saturated rings. The maximum Gasteiger partial charge on any atom is 0.220 e. The van der Waals surface area contributed by atoms with E-state index in [0.717, 1.165) is 19.5 Å². The Labute approximate surface area is 128 Å². The van der Waals surface area contributed by atoms with Crippen molar-refractivity contribution < 1.29 is 4.79 Å². The molecule has 21 heavy (non-hydrogen) atoms. The molecule has 2 N–H and O–H groups in total. The fourth-order valence-corrected chi connectivity index (χ4v) is 3.20. The van der Waals surface area contributed by atoms with Crippen molar-refractivity contribution in [3.05, 3.63) is 35.4 Å². The largest absolute Gasteiger partial charge is 0.355 e. The Bertz CT molecular complexity index is 458. The van der Waals surface area contributed by atoms with E-state index >= 15 is 0 Å². The van der Waals surface area contributed by atoms with Crippen LogP contribution in [0.3, 0.4) is 0 Å². The number of piperidine rings is 1. The molecule has 1 aliphatic heterocycles. The molecule has 1 aromatic carbocycles. The Morgan fingerprint density at radius 3 is 2.95 bits per heavy atom. The van der Waals surface area contributed by atoms with Crippen molar-refractivity contribution >= 4 is 5.91 Å². The van der Waals surface area contributed by atoms with Crippen LogP contribution in [0.4, 0.5) is 0 Å². The summed E-state index contributed by atoms with van der Waals surface area (Å²) >= 11 is 0. The van der Waals surface area contributed by atoms with Crippen LogP contribution in [-0.2, 0) is 11.2 Å². The van der Waals surface area contributed by atoms with E-state index in [-0.39, 0.29) is 5.91 Å². The molecule has 3 heteroatoms. The van der Waals surface area contributed by atoms with Gasteiger partial charge in [0.15, 0.2) is 0 Å². The van der Waals surface area contributed by atoms with Crippen molar-refractivity contribution in [2.45, 2.75) is 52.0 Å². The molecule has 0 bridgehead atoms. The van der Waals surface area contributed by atoms with E-state index in [1.54, 1.807) is 0 Å². The second-order valence-electron chi connectivity index (χ2n) is 6.10. The molecule has 2 rings (SSSR count). The van der Waals surface area contributed by atoms with Gasteiger partial charge in [0.25, 0.3) is 0 Å². The van der Waals surface area contributed by atoms with Crippen molar-refractivity contribution in [1.82, 2.24) is 10.6 Å². The Hall–Kier alpha value is -1.35. The molecule has 2 atom stereocenters. The van der Waals surface area contributed by atoms with Gasteiger partial charge in [0.2, 0.25) is 5.91 Å². The molecule has 0 spiro atoms. The number of hydrogen-bond acceptors (Lipinski definition) is 2. The maximum absolute atomic E-state index is 12.0. The van der Waals surface area contributed by atoms with Crippen molar-refractivity contribution in [3.63, 3.8) is 0 Å². The zero-order valence-electron chi connectivity index (χ0n) is 13.3. The zero-order chi connectivity index (χ0) is 15.1. The van der Waals surface area contributed by atoms with E-state index in [2.05, 4.69) is 36.6 Å². The number of nitrogens with one attached hydrogen (secondary N) is 2. The number of amides is 1. The predicted molar refractivity (Wildman–Crippen MR) is 87.3 cm³/mol. The average Bonchev–Trinajstić information content (AvgIpc) is 2.52. The lowest BCUT2D eigenvalue weighted by Gasteiger charge is -2.32. The third-order valence-corrected chi connectivity index (χ3v) is 4.65. The molecule has 3 nitrogen and oxygen atoms in total. The summed E-state index contributed by atoms with van der Waals surface area (Å²) in [6, 6.07) is 8.74. The molecule has 0 radical (unpaired) electrons. The minimum atomic E-state index is 0.167. The summed E-state index contributed by atoms with van der Waals surface area (Å²) in [6.07, 6.45) is 5.14. The van der Waals surface area contributed by atoms with Crippen molar-refractivity contribution in [2.24, 2.45) is 5.92 Å². The summed E-state index contributed by atoms with van der Waals surface area (Å²) in [5.41, 5.74) is 2.54. The van der Waals surface area contributed by atoms with Crippen LogP contribution >= 0.6 is 0 Å². The number of carbonyl (C=O) groups is 1. The summed E-state index contributed by atoms with van der Waals surface area (Å²) in [5, 5.41) is 6.65. The average molecular weight is 288 g/mol. The second kappa shape index (κ2) is 8.18. The summed E-state index contributed by atoms with van der Waals surface area (Å²) in [5.74, 6) is 0.871. The van der Waals surface area contributed by atoms with Crippen LogP contribution in [0.25, 0.3) is 0 Å². The smallest absolute Gasteiger partial charge is 0.220 e. The molecule has 1 aliphatic rings. The fraction of sp³-hybridized carbons (Fsp3) is 0.611. The van der Waals surface area contributed by atoms with Gasteiger partial charge in [-0.1, -0.05) is 37.6 Å². The SMILES string of the molecule is CCC1CCCNC1CNC(=O)CCc1ccccc1C. The molecule has 1 aromatic rings. The monoisotopic (exact) mass is 288 g/mol. The van der Waals surface area contributed by atoms with Gasteiger partial charge in [-0.3, -0.25) is 4.79 Å². The predicted octanol–water partition coefficient (Wildman–Crippen LogP) is 2.82. The minimum Gasteiger partial charge on any atom is -0.355 e. The Morgan fingerprint density at radius 1 is 1.38 bits per heavy atom. The lowest BCUT2D eigenvalue weighted by molar-refractivity contribution is -0.121. The molecular weight excluding hydrogens is 260 g/mol. The number of rotatable bonds is 6. The summed E-state index contributed by atoms with van der Waals surface area (Å²) in [4.78, 5) is 12.0. The highest BCUT2D eigenvalue weighted by molar-refractivity contribution is 5.76. The molecule has 1 saturated heterocycles. The van der Waals surface area contributed by atoms with Crippen molar-refractivity contribution in [3.8, 4) is 0 Å². The number of carbonyl (C=O) groups excluding carboxylic acids is 1. The second-order valence-corrected chi connectivity index (χ2v) is 6.10. The van der Waals surface area contributed by atoms with E-state index in [1.165, 1.54) is 30.4 Å². The summed E-state index contributed by atoms with van der Waals surface area (Å²) in [7, 11) is 0. The van der Waals surface area contributed by atoms with Crippen molar-refractivity contribution in [1.29, 1.82) is 0 Å². The van der Waals surface area contributed by atoms with Gasteiger partial charge in [0.05, 0.1) is 0 Å². The molecule has 0 saturated carbocycles. The quantitative estimate of drug-likeness (QED) is 0.845. The van der Waals surface area contributed by atoms with Gasteiger partial charge in [0.1, 0.15) is 0 Å². The fourth-order valence-electron chi connectivity index (χ4n) is 3.20. The topological polar surface area (TPSA) is 41.1 Å². The summed E-state index contributed by atoms with van der Waals surface area (Å²) < 4.78 is 0. The van der Waals surface area contributed by atoms with Crippen LogP contribution in [0.15, 0.2) is 24.3 Å². The Balaban J connectivity index is 1.73. The van der Waals surface area contributed by atoms with Gasteiger partial charge in [-0.2, -0.15) is 0 Å². The van der Waals surface area contributed by atoms with Crippen LogP contribution in [0, 0.1) is 12.8 Å². The Kier molecular flexibility index (Phi) is 6.24. The van der Waals surface area contributed by atoms with Crippen LogP contribution in [0.2, 0.25) is 0 Å². The summed E-state index contributed by atoms with van der Waals surface area (Å²) in [6.45, 7) is 6.20. The molecule has 0 aromatic heterocycles. The first-order valence-electron chi connectivity index (χ1n) is 8.25. The van der Waals surface area contributed by atoms with Gasteiger partial charge in [0, 0.05) is 19.0 Å². The first kappa shape index (κ1) is 16.0. The molecule has 116 valence electrons. The molecule has 0 aliphatic carbocycles. The van der Waals surface area contributed by atoms with Gasteiger partial charge in [-0.25, -0.2) is 0 Å². The first-order valence-corrected chi connectivity index (χ1v) is 8.25. The Morgan fingerprint density at radius 2 is 2.19 bits per heavy atom. The third kappa shape index (κ3) is 4.85. The van der Waals surface area contributed by atoms with E-state index in [1.807, 2.05) is 12.1 Å². The number of hydrogen-bond donors (Lipinski definition) is 2. The van der Waals surface area contributed by atoms with Gasteiger partial charge < -0.3 is 10.6 Å². The maximum atomic E-state index is 12.0. The van der Waals surface area contributed by atoms with Gasteiger partial charge >= 0.3 is 0 Å². The highest BCUT2D eigenvalue weighted by atomic mass is 16.1. The van der Waals surface area contributed by atoms with E-state index in [0.29, 0.717) is 18.4 Å². The van der Waals surface area contributed by atoms with Crippen LogP contribution in [-0.4, -0.2) is 25.0 Å². The van der Waals surface area contributed by atoms with Crippen LogP contribution < -0.4 is 10.6 Å². The molecule has 2 unspecified atom stereocenters. The molecule has 1 amide bonds. The third-order valence-electron chi connectivity index (χ3n) is 4.65. The van der Waals surface area contributed by atoms with Gasteiger partial charge in [-0.15, -0.1) is 0 Å². The van der Waals surface area contributed by atoms with Crippen LogP contribution in [0.1, 0.15) is 43.7 Å². The molecule has 1 heterocycles. The first-order chi connectivity index (χ1) is 10.2. The zero-order valence-corrected chi connectivity index (χ0v) is 13.3. The minimum absolute atomic E-state index is 0.167. The molecular formula is C18H28N2O. The van der Waals surface area contributed by atoms with E-state index in [4.69, 9.17) is 0 Å². The highest BCUT2D eigenvalue weighted by Crippen LogP contribution is 2.19. The number of benzene rings is 1. The number of aryl methyl sites for hydroxylation is 2.